The van der Waals surface area contributed by atoms with Gasteiger partial charge in [-0.2, -0.15) is 0 Å². The lowest BCUT2D eigenvalue weighted by Crippen LogP contribution is -2.38. The van der Waals surface area contributed by atoms with Gasteiger partial charge in [-0.3, -0.25) is 4.79 Å². The third-order valence-corrected chi connectivity index (χ3v) is 5.23. The van der Waals surface area contributed by atoms with Crippen LogP contribution in [0.5, 0.6) is 5.75 Å². The maximum absolute atomic E-state index is 12.3. The summed E-state index contributed by atoms with van der Waals surface area (Å²) in [5.74, 6) is 0.857. The Morgan fingerprint density at radius 3 is 1.92 bits per heavy atom. The summed E-state index contributed by atoms with van der Waals surface area (Å²) in [6, 6.07) is 6.37. The predicted octanol–water partition coefficient (Wildman–Crippen LogP) is 5.47. The van der Waals surface area contributed by atoms with Gasteiger partial charge in [0.15, 0.2) is 6.61 Å². The van der Waals surface area contributed by atoms with E-state index in [4.69, 9.17) is 4.74 Å². The lowest BCUT2D eigenvalue weighted by Gasteiger charge is -2.20. The van der Waals surface area contributed by atoms with Gasteiger partial charge in [-0.1, -0.05) is 76.0 Å². The number of para-hydroxylation sites is 1. The van der Waals surface area contributed by atoms with Crippen molar-refractivity contribution in [1.29, 1.82) is 0 Å². The molecule has 0 aliphatic heterocycles. The first kappa shape index (κ1) is 19.8. The van der Waals surface area contributed by atoms with Crippen molar-refractivity contribution in [3.8, 4) is 5.75 Å². The first-order chi connectivity index (χ1) is 12.2. The minimum Gasteiger partial charge on any atom is -0.483 e. The number of ether oxygens (including phenoxy) is 1. The normalized spacial score (nSPS) is 18.0. The predicted molar refractivity (Wildman–Crippen MR) is 104 cm³/mol. The standard InChI is InChI=1S/C22H35NO2/c1-18-13-12-14-19(2)22(18)25-17-21(24)23-20-15-10-8-6-4-3-5-7-9-11-16-20/h12-14,20H,3-11,15-17H2,1-2H3,(H,23,24). The lowest BCUT2D eigenvalue weighted by atomic mass is 9.98. The molecule has 140 valence electrons. The molecular formula is C22H35NO2. The monoisotopic (exact) mass is 345 g/mol. The van der Waals surface area contributed by atoms with E-state index in [0.29, 0.717) is 6.04 Å². The Balaban J connectivity index is 1.79. The highest BCUT2D eigenvalue weighted by Crippen LogP contribution is 2.22. The van der Waals surface area contributed by atoms with Crippen LogP contribution in [0.4, 0.5) is 0 Å². The first-order valence-corrected chi connectivity index (χ1v) is 10.1. The molecule has 25 heavy (non-hydrogen) atoms. The van der Waals surface area contributed by atoms with E-state index in [-0.39, 0.29) is 12.5 Å². The summed E-state index contributed by atoms with van der Waals surface area (Å²) in [7, 11) is 0. The molecular weight excluding hydrogens is 310 g/mol. The lowest BCUT2D eigenvalue weighted by molar-refractivity contribution is -0.123. The molecule has 1 aromatic carbocycles. The van der Waals surface area contributed by atoms with Gasteiger partial charge in [0.25, 0.3) is 5.91 Å². The molecule has 0 radical (unpaired) electrons. The van der Waals surface area contributed by atoms with Crippen LogP contribution >= 0.6 is 0 Å². The third kappa shape index (κ3) is 7.50. The number of carbonyl (C=O) groups is 1. The van der Waals surface area contributed by atoms with Crippen LogP contribution in [0.3, 0.4) is 0 Å². The topological polar surface area (TPSA) is 38.3 Å². The molecule has 2 rings (SSSR count). The van der Waals surface area contributed by atoms with Crippen molar-refractivity contribution in [2.75, 3.05) is 6.61 Å². The van der Waals surface area contributed by atoms with Crippen LogP contribution in [0.25, 0.3) is 0 Å². The molecule has 0 atom stereocenters. The molecule has 1 aromatic rings. The summed E-state index contributed by atoms with van der Waals surface area (Å²) in [6.45, 7) is 4.16. The van der Waals surface area contributed by atoms with E-state index in [1.165, 1.54) is 57.8 Å². The summed E-state index contributed by atoms with van der Waals surface area (Å²) in [5.41, 5.74) is 2.16. The molecule has 0 spiro atoms. The largest absolute Gasteiger partial charge is 0.483 e. The molecule has 3 nitrogen and oxygen atoms in total. The van der Waals surface area contributed by atoms with Gasteiger partial charge in [-0.15, -0.1) is 0 Å². The molecule has 0 bridgehead atoms. The van der Waals surface area contributed by atoms with Gasteiger partial charge in [0, 0.05) is 6.04 Å². The van der Waals surface area contributed by atoms with Crippen LogP contribution in [-0.4, -0.2) is 18.6 Å². The van der Waals surface area contributed by atoms with E-state index in [1.807, 2.05) is 32.0 Å². The Labute approximate surface area is 153 Å². The maximum atomic E-state index is 12.3. The Hall–Kier alpha value is -1.51. The Morgan fingerprint density at radius 1 is 0.920 bits per heavy atom. The molecule has 0 aromatic heterocycles. The first-order valence-electron chi connectivity index (χ1n) is 10.1. The Kier molecular flexibility index (Phi) is 8.85. The fourth-order valence-corrected chi connectivity index (χ4v) is 3.74. The molecule has 3 heteroatoms. The zero-order valence-corrected chi connectivity index (χ0v) is 16.1. The van der Waals surface area contributed by atoms with Crippen LogP contribution in [0.2, 0.25) is 0 Å². The second kappa shape index (κ2) is 11.2. The highest BCUT2D eigenvalue weighted by molar-refractivity contribution is 5.77. The van der Waals surface area contributed by atoms with Crippen molar-refractivity contribution in [3.63, 3.8) is 0 Å². The van der Waals surface area contributed by atoms with E-state index in [2.05, 4.69) is 5.32 Å². The highest BCUT2D eigenvalue weighted by atomic mass is 16.5. The van der Waals surface area contributed by atoms with E-state index < -0.39 is 0 Å². The van der Waals surface area contributed by atoms with Crippen molar-refractivity contribution in [2.24, 2.45) is 0 Å². The fraction of sp³-hybridized carbons (Fsp3) is 0.682. The van der Waals surface area contributed by atoms with Crippen LogP contribution < -0.4 is 10.1 Å². The summed E-state index contributed by atoms with van der Waals surface area (Å²) >= 11 is 0. The fourth-order valence-electron chi connectivity index (χ4n) is 3.74. The van der Waals surface area contributed by atoms with E-state index >= 15 is 0 Å². The minimum absolute atomic E-state index is 0.0137. The number of amides is 1. The third-order valence-electron chi connectivity index (χ3n) is 5.23. The van der Waals surface area contributed by atoms with Crippen LogP contribution in [-0.2, 0) is 4.79 Å². The van der Waals surface area contributed by atoms with Gasteiger partial charge in [0.05, 0.1) is 0 Å². The van der Waals surface area contributed by atoms with Gasteiger partial charge in [0.2, 0.25) is 0 Å². The molecule has 1 aliphatic rings. The van der Waals surface area contributed by atoms with E-state index in [1.54, 1.807) is 0 Å². The number of aryl methyl sites for hydroxylation is 2. The zero-order chi connectivity index (χ0) is 17.9. The summed E-state index contributed by atoms with van der Waals surface area (Å²) in [4.78, 5) is 12.3. The molecule has 1 amide bonds. The quantitative estimate of drug-likeness (QED) is 0.785. The average Bonchev–Trinajstić information content (AvgIpc) is 2.57. The van der Waals surface area contributed by atoms with Gasteiger partial charge >= 0.3 is 0 Å². The maximum Gasteiger partial charge on any atom is 0.258 e. The van der Waals surface area contributed by atoms with Gasteiger partial charge in [-0.25, -0.2) is 0 Å². The molecule has 1 aliphatic carbocycles. The van der Waals surface area contributed by atoms with Crippen LogP contribution in [0, 0.1) is 13.8 Å². The highest BCUT2D eigenvalue weighted by Gasteiger charge is 2.14. The zero-order valence-electron chi connectivity index (χ0n) is 16.1. The number of nitrogens with one attached hydrogen (secondary N) is 1. The number of rotatable bonds is 4. The summed E-state index contributed by atoms with van der Waals surface area (Å²) in [6.07, 6.45) is 14.1. The van der Waals surface area contributed by atoms with Crippen molar-refractivity contribution >= 4 is 5.91 Å². The number of hydrogen-bond donors (Lipinski definition) is 1. The summed E-state index contributed by atoms with van der Waals surface area (Å²) in [5, 5.41) is 3.22. The van der Waals surface area contributed by atoms with Crippen LogP contribution in [0.15, 0.2) is 18.2 Å². The molecule has 0 unspecified atom stereocenters. The molecule has 1 fully saturated rings. The summed E-state index contributed by atoms with van der Waals surface area (Å²) < 4.78 is 5.80. The van der Waals surface area contributed by atoms with Gasteiger partial charge < -0.3 is 10.1 Å². The van der Waals surface area contributed by atoms with Gasteiger partial charge in [0.1, 0.15) is 5.75 Å². The average molecular weight is 346 g/mol. The van der Waals surface area contributed by atoms with E-state index in [9.17, 15) is 4.79 Å². The molecule has 1 N–H and O–H groups in total. The minimum atomic E-state index is 0.0137. The number of benzene rings is 1. The smallest absolute Gasteiger partial charge is 0.258 e. The Bertz CT molecular complexity index is 495. The van der Waals surface area contributed by atoms with E-state index in [0.717, 1.165) is 29.7 Å². The SMILES string of the molecule is Cc1cccc(C)c1OCC(=O)NC1CCCCCCCCCCC1. The molecule has 0 heterocycles. The van der Waals surface area contributed by atoms with Gasteiger partial charge in [-0.05, 0) is 37.8 Å². The second-order valence-corrected chi connectivity index (χ2v) is 7.53. The Morgan fingerprint density at radius 2 is 1.40 bits per heavy atom. The van der Waals surface area contributed by atoms with Crippen LogP contribution in [0.1, 0.15) is 81.8 Å². The second-order valence-electron chi connectivity index (χ2n) is 7.53. The molecule has 0 saturated heterocycles. The molecule has 1 saturated carbocycles. The van der Waals surface area contributed by atoms with Crippen molar-refractivity contribution in [3.05, 3.63) is 29.3 Å². The number of hydrogen-bond acceptors (Lipinski definition) is 2. The van der Waals surface area contributed by atoms with Crippen molar-refractivity contribution in [2.45, 2.75) is 90.5 Å². The van der Waals surface area contributed by atoms with Crippen molar-refractivity contribution in [1.82, 2.24) is 5.32 Å². The van der Waals surface area contributed by atoms with Crippen molar-refractivity contribution < 1.29 is 9.53 Å². The number of carbonyl (C=O) groups excluding carboxylic acids is 1.